The van der Waals surface area contributed by atoms with Gasteiger partial charge in [-0.2, -0.15) is 12.6 Å². The Morgan fingerprint density at radius 2 is 1.62 bits per heavy atom. The van der Waals surface area contributed by atoms with Crippen LogP contribution in [0.15, 0.2) is 0 Å². The maximum atomic E-state index is 6.36. The minimum atomic E-state index is 0. The van der Waals surface area contributed by atoms with Crippen molar-refractivity contribution >= 4 is 25.0 Å². The highest BCUT2D eigenvalue weighted by atomic mass is 35.5. The van der Waals surface area contributed by atoms with E-state index < -0.39 is 0 Å². The van der Waals surface area contributed by atoms with Gasteiger partial charge in [-0.15, -0.1) is 12.4 Å². The van der Waals surface area contributed by atoms with E-state index in [1.807, 2.05) is 0 Å². The van der Waals surface area contributed by atoms with E-state index in [0.717, 1.165) is 11.8 Å². The molecular formula is C10H18ClNS. The molecule has 1 nitrogen and oxygen atoms in total. The Bertz CT molecular complexity index is 197. The highest BCUT2D eigenvalue weighted by Gasteiger charge is 2.54. The second-order valence-electron chi connectivity index (χ2n) is 5.55. The molecule has 4 aliphatic rings. The fourth-order valence-electron chi connectivity index (χ4n) is 4.28. The van der Waals surface area contributed by atoms with Crippen LogP contribution in [0.5, 0.6) is 0 Å². The molecular weight excluding hydrogens is 202 g/mol. The molecule has 4 fully saturated rings. The minimum Gasteiger partial charge on any atom is -0.325 e. The average Bonchev–Trinajstić information content (AvgIpc) is 1.75. The first kappa shape index (κ1) is 10.1. The van der Waals surface area contributed by atoms with Crippen LogP contribution in [-0.2, 0) is 0 Å². The molecule has 4 aliphatic carbocycles. The topological polar surface area (TPSA) is 26.0 Å². The molecule has 4 saturated carbocycles. The molecule has 0 aromatic carbocycles. The van der Waals surface area contributed by atoms with Gasteiger partial charge in [-0.05, 0) is 50.4 Å². The van der Waals surface area contributed by atoms with Crippen molar-refractivity contribution in [2.75, 3.05) is 0 Å². The first-order valence-electron chi connectivity index (χ1n) is 5.08. The van der Waals surface area contributed by atoms with Gasteiger partial charge in [-0.1, -0.05) is 0 Å². The van der Waals surface area contributed by atoms with Gasteiger partial charge in [0, 0.05) is 10.3 Å². The van der Waals surface area contributed by atoms with Crippen molar-refractivity contribution in [1.82, 2.24) is 0 Å². The van der Waals surface area contributed by atoms with Crippen LogP contribution < -0.4 is 5.73 Å². The van der Waals surface area contributed by atoms with Crippen LogP contribution in [-0.4, -0.2) is 10.3 Å². The molecule has 0 aromatic rings. The van der Waals surface area contributed by atoms with Gasteiger partial charge in [0.2, 0.25) is 0 Å². The Kier molecular flexibility index (Phi) is 2.18. The monoisotopic (exact) mass is 219 g/mol. The van der Waals surface area contributed by atoms with Gasteiger partial charge in [0.15, 0.2) is 0 Å². The van der Waals surface area contributed by atoms with E-state index in [9.17, 15) is 0 Å². The molecule has 13 heavy (non-hydrogen) atoms. The quantitative estimate of drug-likeness (QED) is 0.602. The van der Waals surface area contributed by atoms with Crippen LogP contribution in [0.25, 0.3) is 0 Å². The normalized spacial score (nSPS) is 57.7. The Hall–Kier alpha value is 0.600. The van der Waals surface area contributed by atoms with E-state index in [1.54, 1.807) is 0 Å². The lowest BCUT2D eigenvalue weighted by Crippen LogP contribution is -2.61. The molecule has 0 spiro atoms. The summed E-state index contributed by atoms with van der Waals surface area (Å²) in [5, 5.41) is 0. The summed E-state index contributed by atoms with van der Waals surface area (Å²) in [7, 11) is 0. The summed E-state index contributed by atoms with van der Waals surface area (Å²) in [6, 6.07) is 0. The number of nitrogens with two attached hydrogens (primary N) is 1. The summed E-state index contributed by atoms with van der Waals surface area (Å²) in [6.45, 7) is 0. The number of hydrogen-bond acceptors (Lipinski definition) is 2. The largest absolute Gasteiger partial charge is 0.325 e. The summed E-state index contributed by atoms with van der Waals surface area (Å²) in [5.41, 5.74) is 6.54. The Balaban J connectivity index is 0.000000653. The third-order valence-electron chi connectivity index (χ3n) is 4.08. The van der Waals surface area contributed by atoms with Gasteiger partial charge in [-0.25, -0.2) is 0 Å². The molecule has 2 N–H and O–H groups in total. The second kappa shape index (κ2) is 2.80. The molecule has 3 heteroatoms. The molecule has 4 bridgehead atoms. The van der Waals surface area contributed by atoms with E-state index >= 15 is 0 Å². The third-order valence-corrected chi connectivity index (χ3v) is 4.60. The van der Waals surface area contributed by atoms with E-state index in [1.165, 1.54) is 38.5 Å². The molecule has 0 amide bonds. The zero-order chi connectivity index (χ0) is 8.40. The maximum absolute atomic E-state index is 6.36. The molecule has 2 unspecified atom stereocenters. The highest BCUT2D eigenvalue weighted by molar-refractivity contribution is 7.81. The Morgan fingerprint density at radius 1 is 1.08 bits per heavy atom. The predicted octanol–water partition coefficient (Wildman–Crippen LogP) is 2.39. The van der Waals surface area contributed by atoms with Gasteiger partial charge in [0.25, 0.3) is 0 Å². The molecule has 0 saturated heterocycles. The number of rotatable bonds is 0. The zero-order valence-electron chi connectivity index (χ0n) is 7.83. The van der Waals surface area contributed by atoms with Crippen LogP contribution >= 0.6 is 25.0 Å². The van der Waals surface area contributed by atoms with Gasteiger partial charge in [-0.3, -0.25) is 0 Å². The molecule has 76 valence electrons. The van der Waals surface area contributed by atoms with Crippen molar-refractivity contribution < 1.29 is 0 Å². The highest BCUT2D eigenvalue weighted by Crippen LogP contribution is 2.58. The first-order valence-corrected chi connectivity index (χ1v) is 5.53. The fourth-order valence-corrected chi connectivity index (χ4v) is 5.12. The molecule has 2 atom stereocenters. The maximum Gasteiger partial charge on any atom is 0.0172 e. The van der Waals surface area contributed by atoms with Crippen molar-refractivity contribution in [3.63, 3.8) is 0 Å². The summed E-state index contributed by atoms with van der Waals surface area (Å²) in [6.07, 6.45) is 7.87. The van der Waals surface area contributed by atoms with Crippen LogP contribution in [0.2, 0.25) is 0 Å². The van der Waals surface area contributed by atoms with Crippen molar-refractivity contribution in [2.45, 2.75) is 48.8 Å². The van der Waals surface area contributed by atoms with Gasteiger partial charge in [0.05, 0.1) is 0 Å². The lowest BCUT2D eigenvalue weighted by Gasteiger charge is -2.59. The predicted molar refractivity (Wildman–Crippen MR) is 60.6 cm³/mol. The van der Waals surface area contributed by atoms with E-state index in [4.69, 9.17) is 18.4 Å². The summed E-state index contributed by atoms with van der Waals surface area (Å²) in [5.74, 6) is 1.82. The van der Waals surface area contributed by atoms with Crippen LogP contribution in [0.4, 0.5) is 0 Å². The minimum absolute atomic E-state index is 0. The number of hydrogen-bond donors (Lipinski definition) is 2. The van der Waals surface area contributed by atoms with E-state index in [-0.39, 0.29) is 17.9 Å². The van der Waals surface area contributed by atoms with Crippen LogP contribution in [0, 0.1) is 11.8 Å². The smallest absolute Gasteiger partial charge is 0.0172 e. The van der Waals surface area contributed by atoms with Crippen molar-refractivity contribution in [1.29, 1.82) is 0 Å². The van der Waals surface area contributed by atoms with Crippen molar-refractivity contribution in [2.24, 2.45) is 17.6 Å². The Morgan fingerprint density at radius 3 is 2.00 bits per heavy atom. The van der Waals surface area contributed by atoms with Gasteiger partial charge < -0.3 is 5.73 Å². The van der Waals surface area contributed by atoms with E-state index in [2.05, 4.69) is 0 Å². The van der Waals surface area contributed by atoms with Crippen molar-refractivity contribution in [3.8, 4) is 0 Å². The van der Waals surface area contributed by atoms with E-state index in [0.29, 0.717) is 4.75 Å². The molecule has 0 aliphatic heterocycles. The Labute approximate surface area is 91.7 Å². The zero-order valence-corrected chi connectivity index (χ0v) is 9.54. The molecule has 0 aromatic heterocycles. The number of halogens is 1. The van der Waals surface area contributed by atoms with Gasteiger partial charge in [0.1, 0.15) is 0 Å². The molecule has 0 heterocycles. The summed E-state index contributed by atoms with van der Waals surface area (Å²) < 4.78 is 0.332. The van der Waals surface area contributed by atoms with Crippen LogP contribution in [0.1, 0.15) is 38.5 Å². The SMILES string of the molecule is Cl.NC12CC3CC(C1)CC(S)(C3)C2. The third kappa shape index (κ3) is 1.51. The van der Waals surface area contributed by atoms with Crippen molar-refractivity contribution in [3.05, 3.63) is 0 Å². The fraction of sp³-hybridized carbons (Fsp3) is 1.00. The average molecular weight is 220 g/mol. The van der Waals surface area contributed by atoms with Crippen LogP contribution in [0.3, 0.4) is 0 Å². The van der Waals surface area contributed by atoms with Gasteiger partial charge >= 0.3 is 0 Å². The standard InChI is InChI=1S/C10H17NS.ClH/c11-9-2-7-1-8(3-9)5-10(12,4-7)6-9;/h7-8,12H,1-6,11H2;1H. The number of thiol groups is 1. The summed E-state index contributed by atoms with van der Waals surface area (Å²) in [4.78, 5) is 0. The second-order valence-corrected chi connectivity index (χ2v) is 6.50. The lowest BCUT2D eigenvalue weighted by atomic mass is 9.53. The summed E-state index contributed by atoms with van der Waals surface area (Å²) >= 11 is 4.82. The molecule has 4 rings (SSSR count). The first-order chi connectivity index (χ1) is 5.57. The lowest BCUT2D eigenvalue weighted by molar-refractivity contribution is 0.0186. The molecule has 0 radical (unpaired) electrons.